The fourth-order valence-corrected chi connectivity index (χ4v) is 5.17. The van der Waals surface area contributed by atoms with Gasteiger partial charge in [0.1, 0.15) is 6.04 Å². The summed E-state index contributed by atoms with van der Waals surface area (Å²) in [4.78, 5) is 6.92. The molecule has 166 valence electrons. The first kappa shape index (κ1) is 21.2. The van der Waals surface area contributed by atoms with E-state index in [9.17, 15) is 0 Å². The molecule has 3 unspecified atom stereocenters. The van der Waals surface area contributed by atoms with E-state index in [1.165, 1.54) is 11.3 Å². The van der Waals surface area contributed by atoms with Gasteiger partial charge in [0, 0.05) is 36.9 Å². The average molecular weight is 447 g/mol. The van der Waals surface area contributed by atoms with Gasteiger partial charge in [-0.2, -0.15) is 0 Å². The van der Waals surface area contributed by atoms with Crippen molar-refractivity contribution in [2.45, 2.75) is 57.3 Å². The van der Waals surface area contributed by atoms with Gasteiger partial charge in [0.2, 0.25) is 0 Å². The molecule has 1 N–H and O–H groups in total. The van der Waals surface area contributed by atoms with E-state index in [-0.39, 0.29) is 18.2 Å². The van der Waals surface area contributed by atoms with Crippen LogP contribution in [-0.4, -0.2) is 27.4 Å². The highest BCUT2D eigenvalue weighted by atomic mass is 32.1. The fourth-order valence-electron chi connectivity index (χ4n) is 4.82. The molecular formula is C26H30N4OS. The second kappa shape index (κ2) is 9.04. The van der Waals surface area contributed by atoms with E-state index >= 15 is 0 Å². The quantitative estimate of drug-likeness (QED) is 0.516. The zero-order valence-electron chi connectivity index (χ0n) is 18.6. The van der Waals surface area contributed by atoms with Crippen LogP contribution in [0.15, 0.2) is 67.0 Å². The Morgan fingerprint density at radius 1 is 1.12 bits per heavy atom. The third-order valence-electron chi connectivity index (χ3n) is 6.53. The van der Waals surface area contributed by atoms with E-state index in [0.717, 1.165) is 42.5 Å². The minimum atomic E-state index is -0.0355. The lowest BCUT2D eigenvalue weighted by atomic mass is 9.99. The SMILES string of the molecule is CC(C)c1ccc(N2C(=S)NC(c3ccccn3)C2c2cccn2CC2CCCO2)cc1. The van der Waals surface area contributed by atoms with Gasteiger partial charge in [-0.15, -0.1) is 0 Å². The Bertz CT molecular complexity index is 1060. The number of hydrogen-bond acceptors (Lipinski definition) is 3. The van der Waals surface area contributed by atoms with Crippen LogP contribution >= 0.6 is 12.2 Å². The molecule has 2 aromatic heterocycles. The number of aromatic nitrogens is 2. The highest BCUT2D eigenvalue weighted by Gasteiger charge is 2.42. The number of hydrogen-bond donors (Lipinski definition) is 1. The second-order valence-electron chi connectivity index (χ2n) is 8.96. The minimum Gasteiger partial charge on any atom is -0.376 e. The molecule has 4 heterocycles. The molecule has 5 rings (SSSR count). The Morgan fingerprint density at radius 3 is 2.66 bits per heavy atom. The molecule has 0 saturated carbocycles. The molecule has 3 aromatic rings. The normalized spacial score (nSPS) is 23.2. The summed E-state index contributed by atoms with van der Waals surface area (Å²) in [6.45, 7) is 6.16. The van der Waals surface area contributed by atoms with Crippen LogP contribution in [0, 0.1) is 0 Å². The van der Waals surface area contributed by atoms with E-state index in [0.29, 0.717) is 5.92 Å². The summed E-state index contributed by atoms with van der Waals surface area (Å²) >= 11 is 5.87. The van der Waals surface area contributed by atoms with Crippen LogP contribution in [-0.2, 0) is 11.3 Å². The maximum atomic E-state index is 5.94. The number of benzene rings is 1. The Labute approximate surface area is 195 Å². The van der Waals surface area contributed by atoms with Crippen LogP contribution < -0.4 is 10.2 Å². The summed E-state index contributed by atoms with van der Waals surface area (Å²) in [7, 11) is 0. The lowest BCUT2D eigenvalue weighted by molar-refractivity contribution is 0.0961. The van der Waals surface area contributed by atoms with Crippen LogP contribution in [0.5, 0.6) is 0 Å². The summed E-state index contributed by atoms with van der Waals surface area (Å²) in [6, 6.07) is 19.1. The Hall–Kier alpha value is -2.70. The number of ether oxygens (including phenoxy) is 1. The molecular weight excluding hydrogens is 416 g/mol. The second-order valence-corrected chi connectivity index (χ2v) is 9.35. The number of rotatable bonds is 6. The average Bonchev–Trinajstić information content (AvgIpc) is 3.55. The molecule has 0 spiro atoms. The molecule has 2 saturated heterocycles. The molecule has 0 amide bonds. The molecule has 32 heavy (non-hydrogen) atoms. The van der Waals surface area contributed by atoms with E-state index < -0.39 is 0 Å². The molecule has 2 aliphatic heterocycles. The smallest absolute Gasteiger partial charge is 0.174 e. The molecule has 2 fully saturated rings. The number of thiocarbonyl (C=S) groups is 1. The van der Waals surface area contributed by atoms with Crippen LogP contribution in [0.2, 0.25) is 0 Å². The molecule has 5 nitrogen and oxygen atoms in total. The molecule has 0 radical (unpaired) electrons. The van der Waals surface area contributed by atoms with E-state index in [1.54, 1.807) is 0 Å². The molecule has 0 bridgehead atoms. The summed E-state index contributed by atoms with van der Waals surface area (Å²) in [6.07, 6.45) is 6.54. The summed E-state index contributed by atoms with van der Waals surface area (Å²) in [5.74, 6) is 0.494. The lowest BCUT2D eigenvalue weighted by Gasteiger charge is -2.29. The molecule has 3 atom stereocenters. The van der Waals surface area contributed by atoms with Crippen LogP contribution in [0.3, 0.4) is 0 Å². The van der Waals surface area contributed by atoms with Gasteiger partial charge >= 0.3 is 0 Å². The standard InChI is InChI=1S/C26H30N4OS/c1-18(2)19-10-12-20(13-11-19)30-25(24(28-26(30)32)22-8-3-4-14-27-22)23-9-5-15-29(23)17-21-7-6-16-31-21/h3-5,8-15,18,21,24-25H,6-7,16-17H2,1-2H3,(H,28,32). The summed E-state index contributed by atoms with van der Waals surface area (Å²) in [5, 5.41) is 4.30. The number of anilines is 1. The predicted octanol–water partition coefficient (Wildman–Crippen LogP) is 5.36. The third kappa shape index (κ3) is 4.05. The maximum Gasteiger partial charge on any atom is 0.174 e. The van der Waals surface area contributed by atoms with Crippen LogP contribution in [0.25, 0.3) is 0 Å². The fraction of sp³-hybridized carbons (Fsp3) is 0.385. The molecule has 6 heteroatoms. The Morgan fingerprint density at radius 2 is 1.97 bits per heavy atom. The van der Waals surface area contributed by atoms with Crippen molar-refractivity contribution in [3.63, 3.8) is 0 Å². The van der Waals surface area contributed by atoms with Gasteiger partial charge < -0.3 is 19.5 Å². The largest absolute Gasteiger partial charge is 0.376 e. The molecule has 2 aliphatic rings. The van der Waals surface area contributed by atoms with E-state index in [2.05, 4.69) is 82.3 Å². The van der Waals surface area contributed by atoms with Crippen molar-refractivity contribution in [2.75, 3.05) is 11.5 Å². The van der Waals surface area contributed by atoms with Crippen molar-refractivity contribution in [3.05, 3.63) is 83.9 Å². The summed E-state index contributed by atoms with van der Waals surface area (Å²) < 4.78 is 8.27. The van der Waals surface area contributed by atoms with E-state index in [1.807, 2.05) is 18.3 Å². The van der Waals surface area contributed by atoms with Gasteiger partial charge in [-0.1, -0.05) is 32.0 Å². The van der Waals surface area contributed by atoms with Crippen molar-refractivity contribution in [1.82, 2.24) is 14.9 Å². The molecule has 1 aromatic carbocycles. The van der Waals surface area contributed by atoms with Crippen molar-refractivity contribution < 1.29 is 4.74 Å². The Kier molecular flexibility index (Phi) is 5.98. The topological polar surface area (TPSA) is 42.3 Å². The monoisotopic (exact) mass is 446 g/mol. The zero-order valence-corrected chi connectivity index (χ0v) is 19.5. The van der Waals surface area contributed by atoms with Gasteiger partial charge in [0.15, 0.2) is 5.11 Å². The third-order valence-corrected chi connectivity index (χ3v) is 6.84. The zero-order chi connectivity index (χ0) is 22.1. The number of nitrogens with one attached hydrogen (secondary N) is 1. The van der Waals surface area contributed by atoms with Crippen molar-refractivity contribution in [3.8, 4) is 0 Å². The Balaban J connectivity index is 1.55. The highest BCUT2D eigenvalue weighted by Crippen LogP contribution is 2.42. The first-order chi connectivity index (χ1) is 15.6. The van der Waals surface area contributed by atoms with Crippen LogP contribution in [0.1, 0.15) is 61.6 Å². The number of pyridine rings is 1. The first-order valence-corrected chi connectivity index (χ1v) is 11.9. The maximum absolute atomic E-state index is 5.94. The van der Waals surface area contributed by atoms with Gasteiger partial charge in [-0.05, 0) is 72.9 Å². The predicted molar refractivity (Wildman–Crippen MR) is 132 cm³/mol. The summed E-state index contributed by atoms with van der Waals surface area (Å²) in [5.41, 5.74) is 4.63. The van der Waals surface area contributed by atoms with Gasteiger partial charge in [0.25, 0.3) is 0 Å². The van der Waals surface area contributed by atoms with Crippen molar-refractivity contribution in [1.29, 1.82) is 0 Å². The van der Waals surface area contributed by atoms with Crippen molar-refractivity contribution >= 4 is 23.0 Å². The van der Waals surface area contributed by atoms with Crippen LogP contribution in [0.4, 0.5) is 5.69 Å². The molecule has 0 aliphatic carbocycles. The van der Waals surface area contributed by atoms with Crippen molar-refractivity contribution in [2.24, 2.45) is 0 Å². The van der Waals surface area contributed by atoms with Gasteiger partial charge in [0.05, 0.1) is 17.8 Å². The lowest BCUT2D eigenvalue weighted by Crippen LogP contribution is -2.31. The van der Waals surface area contributed by atoms with Gasteiger partial charge in [-0.25, -0.2) is 0 Å². The van der Waals surface area contributed by atoms with E-state index in [4.69, 9.17) is 17.0 Å². The number of nitrogens with zero attached hydrogens (tertiary/aromatic N) is 3. The van der Waals surface area contributed by atoms with Gasteiger partial charge in [-0.3, -0.25) is 4.98 Å². The first-order valence-electron chi connectivity index (χ1n) is 11.5. The highest BCUT2D eigenvalue weighted by molar-refractivity contribution is 7.80. The minimum absolute atomic E-state index is 0.00120.